The largest absolute Gasteiger partial charge is 0.483 e. The average molecular weight is 504 g/mol. The molecule has 3 N–H and O–H groups in total. The van der Waals surface area contributed by atoms with Crippen molar-refractivity contribution in [1.82, 2.24) is 4.90 Å². The number of carbonyl (C=O) groups excluding carboxylic acids is 4. The molecule has 1 saturated heterocycles. The van der Waals surface area contributed by atoms with Gasteiger partial charge in [-0.15, -0.1) is 0 Å². The van der Waals surface area contributed by atoms with Crippen LogP contribution in [0.25, 0.3) is 6.08 Å². The van der Waals surface area contributed by atoms with Crippen LogP contribution in [0.15, 0.2) is 51.8 Å². The summed E-state index contributed by atoms with van der Waals surface area (Å²) in [5.74, 6) is -1.19. The van der Waals surface area contributed by atoms with Crippen molar-refractivity contribution >= 4 is 62.4 Å². The van der Waals surface area contributed by atoms with Crippen LogP contribution in [0.3, 0.4) is 0 Å². The first-order valence-corrected chi connectivity index (χ1v) is 10.7. The van der Waals surface area contributed by atoms with Gasteiger partial charge >= 0.3 is 0 Å². The molecule has 0 atom stereocenters. The molecular weight excluding hydrogens is 486 g/mol. The van der Waals surface area contributed by atoms with E-state index in [4.69, 9.17) is 10.5 Å². The van der Waals surface area contributed by atoms with E-state index in [1.165, 1.54) is 6.08 Å². The Morgan fingerprint density at radius 2 is 2.00 bits per heavy atom. The molecule has 1 fully saturated rings. The Labute approximate surface area is 190 Å². The maximum atomic E-state index is 12.3. The molecule has 1 heterocycles. The van der Waals surface area contributed by atoms with Crippen molar-refractivity contribution < 1.29 is 23.9 Å². The van der Waals surface area contributed by atoms with Gasteiger partial charge in [0.15, 0.2) is 6.61 Å². The lowest BCUT2D eigenvalue weighted by molar-refractivity contribution is -0.127. The van der Waals surface area contributed by atoms with Crippen LogP contribution in [0.5, 0.6) is 5.75 Å². The predicted octanol–water partition coefficient (Wildman–Crippen LogP) is 3.30. The predicted molar refractivity (Wildman–Crippen MR) is 121 cm³/mol. The number of primary amides is 1. The molecule has 0 unspecified atom stereocenters. The fourth-order valence-corrected chi connectivity index (χ4v) is 4.08. The summed E-state index contributed by atoms with van der Waals surface area (Å²) in [6, 6.07) is 12.4. The number of halogens is 1. The lowest BCUT2D eigenvalue weighted by Crippen LogP contribution is -2.36. The van der Waals surface area contributed by atoms with Gasteiger partial charge in [-0.25, -0.2) is 0 Å². The molecule has 0 aliphatic carbocycles. The summed E-state index contributed by atoms with van der Waals surface area (Å²) in [7, 11) is 0. The third kappa shape index (κ3) is 5.96. The quantitative estimate of drug-likeness (QED) is 0.559. The van der Waals surface area contributed by atoms with E-state index in [0.29, 0.717) is 21.5 Å². The second-order valence-corrected chi connectivity index (χ2v) is 8.48. The number of benzene rings is 2. The van der Waals surface area contributed by atoms with Gasteiger partial charge in [0.25, 0.3) is 17.1 Å². The van der Waals surface area contributed by atoms with E-state index < -0.39 is 23.6 Å². The molecule has 31 heavy (non-hydrogen) atoms. The van der Waals surface area contributed by atoms with Crippen LogP contribution in [-0.2, 0) is 14.4 Å². The number of imide groups is 1. The summed E-state index contributed by atoms with van der Waals surface area (Å²) >= 11 is 4.11. The first-order chi connectivity index (χ1) is 14.7. The molecule has 3 rings (SSSR count). The van der Waals surface area contributed by atoms with Gasteiger partial charge in [0.05, 0.1) is 9.38 Å². The molecule has 10 heteroatoms. The molecule has 4 amide bonds. The van der Waals surface area contributed by atoms with Crippen molar-refractivity contribution in [1.29, 1.82) is 0 Å². The zero-order valence-electron chi connectivity index (χ0n) is 16.4. The van der Waals surface area contributed by atoms with E-state index in [2.05, 4.69) is 21.2 Å². The number of amides is 4. The van der Waals surface area contributed by atoms with E-state index in [-0.39, 0.29) is 17.4 Å². The number of carbonyl (C=O) groups is 4. The van der Waals surface area contributed by atoms with Gasteiger partial charge in [0.2, 0.25) is 5.91 Å². The first-order valence-electron chi connectivity index (χ1n) is 9.05. The molecule has 0 aromatic heterocycles. The van der Waals surface area contributed by atoms with Crippen molar-refractivity contribution in [3.63, 3.8) is 0 Å². The zero-order chi connectivity index (χ0) is 22.5. The first kappa shape index (κ1) is 22.6. The molecule has 1 aliphatic heterocycles. The van der Waals surface area contributed by atoms with E-state index >= 15 is 0 Å². The van der Waals surface area contributed by atoms with Crippen LogP contribution in [0.2, 0.25) is 0 Å². The van der Waals surface area contributed by atoms with Gasteiger partial charge in [-0.1, -0.05) is 18.2 Å². The van der Waals surface area contributed by atoms with Gasteiger partial charge in [-0.3, -0.25) is 24.1 Å². The molecule has 0 spiro atoms. The number of nitrogens with one attached hydrogen (secondary N) is 1. The summed E-state index contributed by atoms with van der Waals surface area (Å²) < 4.78 is 6.13. The Hall–Kier alpha value is -3.11. The van der Waals surface area contributed by atoms with Crippen LogP contribution in [0.4, 0.5) is 10.5 Å². The van der Waals surface area contributed by atoms with Gasteiger partial charge in [0, 0.05) is 5.69 Å². The van der Waals surface area contributed by atoms with Crippen LogP contribution in [0.1, 0.15) is 11.1 Å². The standard InChI is InChI=1S/C21H18BrN3O5S/c1-12-3-2-4-14(7-12)24-19(27)11-30-16-6-5-13(8-15(16)22)9-17-20(28)25(10-18(23)26)21(29)31-17/h2-9H,10-11H2,1H3,(H2,23,26)(H,24,27)/b17-9-. The normalized spacial score (nSPS) is 14.8. The number of hydrogen-bond donors (Lipinski definition) is 2. The highest BCUT2D eigenvalue weighted by molar-refractivity contribution is 9.10. The molecule has 160 valence electrons. The van der Waals surface area contributed by atoms with Crippen molar-refractivity contribution in [2.24, 2.45) is 5.73 Å². The van der Waals surface area contributed by atoms with Gasteiger partial charge in [-0.05, 0) is 76.1 Å². The minimum atomic E-state index is -0.765. The van der Waals surface area contributed by atoms with Crippen molar-refractivity contribution in [3.05, 3.63) is 63.0 Å². The summed E-state index contributed by atoms with van der Waals surface area (Å²) in [5, 5.41) is 2.21. The highest BCUT2D eigenvalue weighted by atomic mass is 79.9. The lowest BCUT2D eigenvalue weighted by Gasteiger charge is -2.10. The number of ether oxygens (including phenoxy) is 1. The highest BCUT2D eigenvalue weighted by Crippen LogP contribution is 2.33. The molecule has 0 radical (unpaired) electrons. The maximum absolute atomic E-state index is 12.3. The molecule has 2 aromatic carbocycles. The van der Waals surface area contributed by atoms with Crippen molar-refractivity contribution in [2.75, 3.05) is 18.5 Å². The number of nitrogens with two attached hydrogens (primary N) is 1. The molecular formula is C21H18BrN3O5S. The SMILES string of the molecule is Cc1cccc(NC(=O)COc2ccc(/C=C3\SC(=O)N(CC(N)=O)C3=O)cc2Br)c1. The van der Waals surface area contributed by atoms with E-state index in [9.17, 15) is 19.2 Å². The van der Waals surface area contributed by atoms with Gasteiger partial charge < -0.3 is 15.8 Å². The number of anilines is 1. The smallest absolute Gasteiger partial charge is 0.294 e. The lowest BCUT2D eigenvalue weighted by atomic mass is 10.2. The van der Waals surface area contributed by atoms with E-state index in [1.807, 2.05) is 25.1 Å². The molecule has 8 nitrogen and oxygen atoms in total. The molecule has 0 saturated carbocycles. The fourth-order valence-electron chi connectivity index (χ4n) is 2.73. The minimum Gasteiger partial charge on any atom is -0.483 e. The van der Waals surface area contributed by atoms with Crippen LogP contribution >= 0.6 is 27.7 Å². The van der Waals surface area contributed by atoms with E-state index in [0.717, 1.165) is 22.2 Å². The monoisotopic (exact) mass is 503 g/mol. The Morgan fingerprint density at radius 3 is 2.68 bits per heavy atom. The van der Waals surface area contributed by atoms with Crippen LogP contribution in [-0.4, -0.2) is 41.0 Å². The Morgan fingerprint density at radius 1 is 1.23 bits per heavy atom. The number of hydrogen-bond acceptors (Lipinski definition) is 6. The highest BCUT2D eigenvalue weighted by Gasteiger charge is 2.35. The molecule has 0 bridgehead atoms. The molecule has 2 aromatic rings. The number of nitrogens with zero attached hydrogens (tertiary/aromatic N) is 1. The fraction of sp³-hybridized carbons (Fsp3) is 0.143. The number of aryl methyl sites for hydroxylation is 1. The van der Waals surface area contributed by atoms with Crippen LogP contribution < -0.4 is 15.8 Å². The third-order valence-corrected chi connectivity index (χ3v) is 5.63. The second kappa shape index (κ2) is 9.80. The van der Waals surface area contributed by atoms with Crippen molar-refractivity contribution in [2.45, 2.75) is 6.92 Å². The third-order valence-electron chi connectivity index (χ3n) is 4.10. The minimum absolute atomic E-state index is 0.183. The Balaban J connectivity index is 1.63. The summed E-state index contributed by atoms with van der Waals surface area (Å²) in [4.78, 5) is 48.3. The summed E-state index contributed by atoms with van der Waals surface area (Å²) in [6.07, 6.45) is 1.53. The van der Waals surface area contributed by atoms with Gasteiger partial charge in [0.1, 0.15) is 12.3 Å². The average Bonchev–Trinajstić information content (AvgIpc) is 2.94. The number of rotatable bonds is 7. The van der Waals surface area contributed by atoms with Gasteiger partial charge in [-0.2, -0.15) is 0 Å². The topological polar surface area (TPSA) is 119 Å². The van der Waals surface area contributed by atoms with Crippen molar-refractivity contribution in [3.8, 4) is 5.75 Å². The van der Waals surface area contributed by atoms with E-state index in [1.54, 1.807) is 24.3 Å². The molecule has 1 aliphatic rings. The Kier molecular flexibility index (Phi) is 7.13. The van der Waals surface area contributed by atoms with Crippen LogP contribution in [0, 0.1) is 6.92 Å². The Bertz CT molecular complexity index is 1100. The maximum Gasteiger partial charge on any atom is 0.294 e. The second-order valence-electron chi connectivity index (χ2n) is 6.63. The number of thioether (sulfide) groups is 1. The zero-order valence-corrected chi connectivity index (χ0v) is 18.8. The summed E-state index contributed by atoms with van der Waals surface area (Å²) in [6.45, 7) is 1.30. The summed E-state index contributed by atoms with van der Waals surface area (Å²) in [5.41, 5.74) is 7.42.